The summed E-state index contributed by atoms with van der Waals surface area (Å²) in [7, 11) is 0. The number of nitrogens with one attached hydrogen (secondary N) is 2. The molecule has 1 saturated heterocycles. The van der Waals surface area contributed by atoms with Crippen molar-refractivity contribution in [1.29, 1.82) is 0 Å². The molecule has 4 nitrogen and oxygen atoms in total. The Bertz CT molecular complexity index is 445. The summed E-state index contributed by atoms with van der Waals surface area (Å²) >= 11 is 3.37. The Morgan fingerprint density at radius 3 is 3.05 bits per heavy atom. The van der Waals surface area contributed by atoms with Crippen LogP contribution in [0.5, 0.6) is 5.75 Å². The van der Waals surface area contributed by atoms with Crippen LogP contribution < -0.4 is 15.4 Å². The molecule has 0 spiro atoms. The van der Waals surface area contributed by atoms with Crippen LogP contribution in [-0.2, 0) is 4.79 Å². The van der Waals surface area contributed by atoms with E-state index in [4.69, 9.17) is 4.74 Å². The fourth-order valence-electron chi connectivity index (χ4n) is 2.24. The molecular weight excluding hydrogens is 344 g/mol. The van der Waals surface area contributed by atoms with Crippen molar-refractivity contribution in [1.82, 2.24) is 10.6 Å². The number of hydrogen-bond acceptors (Lipinski definition) is 3. The van der Waals surface area contributed by atoms with Crippen LogP contribution in [0.1, 0.15) is 19.8 Å². The van der Waals surface area contributed by atoms with E-state index >= 15 is 0 Å². The maximum atomic E-state index is 11.8. The predicted octanol–water partition coefficient (Wildman–Crippen LogP) is 2.51. The zero-order valence-electron chi connectivity index (χ0n) is 11.4. The van der Waals surface area contributed by atoms with Crippen molar-refractivity contribution in [2.24, 2.45) is 0 Å². The third kappa shape index (κ3) is 5.69. The smallest absolute Gasteiger partial charge is 0.258 e. The average molecular weight is 364 g/mol. The Labute approximate surface area is 134 Å². The molecule has 0 saturated carbocycles. The molecule has 1 amide bonds. The van der Waals surface area contributed by atoms with E-state index in [1.807, 2.05) is 24.3 Å². The molecule has 0 aromatic heterocycles. The fourth-order valence-corrected chi connectivity index (χ4v) is 2.62. The van der Waals surface area contributed by atoms with E-state index in [2.05, 4.69) is 33.5 Å². The molecule has 2 atom stereocenters. The highest BCUT2D eigenvalue weighted by molar-refractivity contribution is 9.10. The number of ether oxygens (including phenoxy) is 1. The summed E-state index contributed by atoms with van der Waals surface area (Å²) in [5, 5.41) is 6.38. The van der Waals surface area contributed by atoms with Crippen molar-refractivity contribution in [3.63, 3.8) is 0 Å². The number of halogens is 2. The topological polar surface area (TPSA) is 50.4 Å². The van der Waals surface area contributed by atoms with Gasteiger partial charge in [-0.05, 0) is 44.5 Å². The molecule has 1 aromatic carbocycles. The van der Waals surface area contributed by atoms with E-state index in [9.17, 15) is 4.79 Å². The quantitative estimate of drug-likeness (QED) is 0.864. The number of carbonyl (C=O) groups excluding carboxylic acids is 1. The van der Waals surface area contributed by atoms with Crippen LogP contribution in [0.15, 0.2) is 28.7 Å². The van der Waals surface area contributed by atoms with Gasteiger partial charge in [0.05, 0.1) is 0 Å². The first-order valence-electron chi connectivity index (χ1n) is 6.54. The van der Waals surface area contributed by atoms with Gasteiger partial charge in [-0.3, -0.25) is 4.79 Å². The summed E-state index contributed by atoms with van der Waals surface area (Å²) in [6.45, 7) is 3.16. The van der Waals surface area contributed by atoms with E-state index in [1.54, 1.807) is 0 Å². The van der Waals surface area contributed by atoms with Crippen LogP contribution in [0.25, 0.3) is 0 Å². The number of piperidine rings is 1. The molecule has 1 heterocycles. The van der Waals surface area contributed by atoms with Gasteiger partial charge in [0.15, 0.2) is 6.61 Å². The van der Waals surface area contributed by atoms with Crippen LogP contribution in [0.4, 0.5) is 0 Å². The number of carbonyl (C=O) groups is 1. The number of benzene rings is 1. The van der Waals surface area contributed by atoms with Gasteiger partial charge in [0.25, 0.3) is 5.91 Å². The summed E-state index contributed by atoms with van der Waals surface area (Å²) < 4.78 is 6.40. The third-order valence-electron chi connectivity index (χ3n) is 3.15. The van der Waals surface area contributed by atoms with Crippen molar-refractivity contribution in [3.05, 3.63) is 28.7 Å². The lowest BCUT2D eigenvalue weighted by Gasteiger charge is -2.28. The average Bonchev–Trinajstić information content (AvgIpc) is 2.36. The molecule has 1 aliphatic rings. The van der Waals surface area contributed by atoms with Gasteiger partial charge in [-0.2, -0.15) is 0 Å². The molecule has 2 N–H and O–H groups in total. The van der Waals surface area contributed by atoms with Crippen LogP contribution in [0.3, 0.4) is 0 Å². The molecule has 1 aliphatic heterocycles. The lowest BCUT2D eigenvalue weighted by atomic mass is 10.0. The molecule has 1 aromatic rings. The Morgan fingerprint density at radius 2 is 2.35 bits per heavy atom. The number of amides is 1. The zero-order chi connectivity index (χ0) is 13.7. The number of rotatable bonds is 4. The molecule has 20 heavy (non-hydrogen) atoms. The van der Waals surface area contributed by atoms with Gasteiger partial charge >= 0.3 is 0 Å². The Morgan fingerprint density at radius 1 is 1.55 bits per heavy atom. The van der Waals surface area contributed by atoms with E-state index < -0.39 is 0 Å². The Balaban J connectivity index is 0.00000200. The standard InChI is InChI=1S/C14H19BrN2O2.ClH/c1-10-7-12(5-6-16-10)17-14(18)9-19-13-4-2-3-11(15)8-13;/h2-4,8,10,12,16H,5-7,9H2,1H3,(H,17,18);1H. The monoisotopic (exact) mass is 362 g/mol. The minimum atomic E-state index is -0.0564. The molecule has 0 aliphatic carbocycles. The van der Waals surface area contributed by atoms with Gasteiger partial charge < -0.3 is 15.4 Å². The van der Waals surface area contributed by atoms with E-state index in [1.165, 1.54) is 0 Å². The summed E-state index contributed by atoms with van der Waals surface area (Å²) in [6.07, 6.45) is 1.95. The fraction of sp³-hybridized carbons (Fsp3) is 0.500. The maximum Gasteiger partial charge on any atom is 0.258 e. The van der Waals surface area contributed by atoms with Gasteiger partial charge in [-0.1, -0.05) is 22.0 Å². The second kappa shape index (κ2) is 8.49. The number of hydrogen-bond donors (Lipinski definition) is 2. The molecule has 1 fully saturated rings. The molecule has 0 bridgehead atoms. The van der Waals surface area contributed by atoms with Crippen LogP contribution in [0.2, 0.25) is 0 Å². The van der Waals surface area contributed by atoms with Gasteiger partial charge in [0.2, 0.25) is 0 Å². The second-order valence-corrected chi connectivity index (χ2v) is 5.81. The zero-order valence-corrected chi connectivity index (χ0v) is 13.8. The Kier molecular flexibility index (Phi) is 7.34. The second-order valence-electron chi connectivity index (χ2n) is 4.89. The van der Waals surface area contributed by atoms with E-state index in [-0.39, 0.29) is 31.0 Å². The highest BCUT2D eigenvalue weighted by Gasteiger charge is 2.19. The van der Waals surface area contributed by atoms with E-state index in [0.717, 1.165) is 23.9 Å². The van der Waals surface area contributed by atoms with Crippen molar-refractivity contribution in [2.75, 3.05) is 13.2 Å². The van der Waals surface area contributed by atoms with Gasteiger partial charge in [-0.15, -0.1) is 12.4 Å². The molecular formula is C14H20BrClN2O2. The first kappa shape index (κ1) is 17.3. The summed E-state index contributed by atoms with van der Waals surface area (Å²) in [5.41, 5.74) is 0. The minimum absolute atomic E-state index is 0. The third-order valence-corrected chi connectivity index (χ3v) is 3.65. The van der Waals surface area contributed by atoms with Crippen molar-refractivity contribution in [2.45, 2.75) is 31.8 Å². The maximum absolute atomic E-state index is 11.8. The molecule has 2 unspecified atom stereocenters. The summed E-state index contributed by atoms with van der Waals surface area (Å²) in [5.74, 6) is 0.641. The largest absolute Gasteiger partial charge is 0.484 e. The molecule has 112 valence electrons. The molecule has 6 heteroatoms. The lowest BCUT2D eigenvalue weighted by Crippen LogP contribution is -2.47. The lowest BCUT2D eigenvalue weighted by molar-refractivity contribution is -0.124. The highest BCUT2D eigenvalue weighted by Crippen LogP contribution is 2.17. The van der Waals surface area contributed by atoms with Crippen molar-refractivity contribution >= 4 is 34.2 Å². The summed E-state index contributed by atoms with van der Waals surface area (Å²) in [4.78, 5) is 11.8. The Hall–Kier alpha value is -0.780. The van der Waals surface area contributed by atoms with Crippen LogP contribution in [0, 0.1) is 0 Å². The van der Waals surface area contributed by atoms with Gasteiger partial charge in [0.1, 0.15) is 5.75 Å². The first-order valence-corrected chi connectivity index (χ1v) is 7.34. The normalized spacial score (nSPS) is 21.7. The first-order chi connectivity index (χ1) is 9.13. The van der Waals surface area contributed by atoms with E-state index in [0.29, 0.717) is 11.8 Å². The molecule has 2 rings (SSSR count). The van der Waals surface area contributed by atoms with Crippen LogP contribution in [-0.4, -0.2) is 31.1 Å². The van der Waals surface area contributed by atoms with Crippen molar-refractivity contribution < 1.29 is 9.53 Å². The van der Waals surface area contributed by atoms with Crippen molar-refractivity contribution in [3.8, 4) is 5.75 Å². The van der Waals surface area contributed by atoms with Gasteiger partial charge in [0, 0.05) is 16.6 Å². The SMILES string of the molecule is CC1CC(NC(=O)COc2cccc(Br)c2)CCN1.Cl. The van der Waals surface area contributed by atoms with Crippen LogP contribution >= 0.6 is 28.3 Å². The molecule has 0 radical (unpaired) electrons. The van der Waals surface area contributed by atoms with Gasteiger partial charge in [-0.25, -0.2) is 0 Å². The predicted molar refractivity (Wildman–Crippen MR) is 85.5 cm³/mol. The summed E-state index contributed by atoms with van der Waals surface area (Å²) in [6, 6.07) is 8.21. The minimum Gasteiger partial charge on any atom is -0.484 e. The highest BCUT2D eigenvalue weighted by atomic mass is 79.9.